The fourth-order valence-electron chi connectivity index (χ4n) is 1.94. The van der Waals surface area contributed by atoms with Gasteiger partial charge in [-0.1, -0.05) is 44.1 Å². The number of oxime groups is 1. The molecule has 2 aromatic rings. The molecule has 0 radical (unpaired) electrons. The van der Waals surface area contributed by atoms with Crippen LogP contribution in [-0.4, -0.2) is 16.0 Å². The predicted molar refractivity (Wildman–Crippen MR) is 82.0 cm³/mol. The largest absolute Gasteiger partial charge is 0.439 e. The van der Waals surface area contributed by atoms with Gasteiger partial charge in [0, 0.05) is 23.4 Å². The van der Waals surface area contributed by atoms with Crippen LogP contribution in [-0.2, 0) is 5.41 Å². The zero-order chi connectivity index (χ0) is 15.5. The number of nitrogens with two attached hydrogens (primary N) is 1. The van der Waals surface area contributed by atoms with Gasteiger partial charge in [0.25, 0.3) is 0 Å². The number of nitrogens with zero attached hydrogens (tertiary/aromatic N) is 2. The molecule has 2 rings (SSSR count). The van der Waals surface area contributed by atoms with Crippen molar-refractivity contribution in [3.63, 3.8) is 0 Å². The van der Waals surface area contributed by atoms with Gasteiger partial charge < -0.3 is 15.7 Å². The molecule has 3 N–H and O–H groups in total. The van der Waals surface area contributed by atoms with Crippen molar-refractivity contribution in [2.45, 2.75) is 26.2 Å². The minimum Gasteiger partial charge on any atom is -0.439 e. The van der Waals surface area contributed by atoms with Crippen molar-refractivity contribution < 1.29 is 9.94 Å². The van der Waals surface area contributed by atoms with Gasteiger partial charge in [-0.15, -0.1) is 0 Å². The van der Waals surface area contributed by atoms with Gasteiger partial charge in [0.1, 0.15) is 5.75 Å². The number of ether oxygens (including phenoxy) is 1. The Kier molecular flexibility index (Phi) is 4.12. The van der Waals surface area contributed by atoms with Gasteiger partial charge in [0.05, 0.1) is 0 Å². The van der Waals surface area contributed by atoms with Crippen LogP contribution in [0.3, 0.4) is 0 Å². The molecule has 0 saturated carbocycles. The molecule has 0 aliphatic carbocycles. The summed E-state index contributed by atoms with van der Waals surface area (Å²) in [6.07, 6.45) is 1.50. The Bertz CT molecular complexity index is 643. The summed E-state index contributed by atoms with van der Waals surface area (Å²) in [5, 5.41) is 11.6. The Morgan fingerprint density at radius 2 is 1.90 bits per heavy atom. The lowest BCUT2D eigenvalue weighted by Crippen LogP contribution is -2.13. The maximum atomic E-state index is 8.62. The lowest BCUT2D eigenvalue weighted by atomic mass is 9.86. The molecule has 0 aliphatic rings. The molecule has 0 amide bonds. The molecule has 1 heterocycles. The maximum absolute atomic E-state index is 8.62. The molecule has 1 aromatic carbocycles. The van der Waals surface area contributed by atoms with Crippen LogP contribution in [0.5, 0.6) is 11.6 Å². The highest BCUT2D eigenvalue weighted by molar-refractivity contribution is 5.96. The summed E-state index contributed by atoms with van der Waals surface area (Å²) in [5.74, 6) is 1.25. The van der Waals surface area contributed by atoms with Gasteiger partial charge in [-0.25, -0.2) is 4.98 Å². The fraction of sp³-hybridized carbons (Fsp3) is 0.250. The van der Waals surface area contributed by atoms with Crippen LogP contribution in [0.2, 0.25) is 0 Å². The number of pyridine rings is 1. The van der Waals surface area contributed by atoms with Crippen molar-refractivity contribution in [2.24, 2.45) is 10.9 Å². The molecule has 0 fully saturated rings. The zero-order valence-electron chi connectivity index (χ0n) is 12.4. The Morgan fingerprint density at radius 1 is 1.19 bits per heavy atom. The number of benzene rings is 1. The van der Waals surface area contributed by atoms with Gasteiger partial charge in [-0.3, -0.25) is 0 Å². The summed E-state index contributed by atoms with van der Waals surface area (Å²) in [6, 6.07) is 11.3. The van der Waals surface area contributed by atoms with E-state index in [0.29, 0.717) is 11.4 Å². The predicted octanol–water partition coefficient (Wildman–Crippen LogP) is 3.27. The second-order valence-electron chi connectivity index (χ2n) is 5.72. The molecule has 1 aromatic heterocycles. The van der Waals surface area contributed by atoms with Crippen LogP contribution in [0.1, 0.15) is 31.9 Å². The van der Waals surface area contributed by atoms with Crippen molar-refractivity contribution in [1.29, 1.82) is 0 Å². The third-order valence-corrected chi connectivity index (χ3v) is 3.05. The summed E-state index contributed by atoms with van der Waals surface area (Å²) >= 11 is 0. The molecule has 0 bridgehead atoms. The minimum absolute atomic E-state index is 0.0177. The smallest absolute Gasteiger partial charge is 0.219 e. The van der Waals surface area contributed by atoms with Crippen LogP contribution in [0.15, 0.2) is 47.8 Å². The summed E-state index contributed by atoms with van der Waals surface area (Å²) in [5.41, 5.74) is 7.11. The number of aromatic nitrogens is 1. The first-order valence-electron chi connectivity index (χ1n) is 6.63. The maximum Gasteiger partial charge on any atom is 0.219 e. The van der Waals surface area contributed by atoms with Gasteiger partial charge in [-0.05, 0) is 17.5 Å². The van der Waals surface area contributed by atoms with Gasteiger partial charge in [-0.2, -0.15) is 0 Å². The molecule has 21 heavy (non-hydrogen) atoms. The van der Waals surface area contributed by atoms with E-state index in [1.165, 1.54) is 6.20 Å². The van der Waals surface area contributed by atoms with Crippen LogP contribution in [0.4, 0.5) is 0 Å². The second kappa shape index (κ2) is 5.83. The van der Waals surface area contributed by atoms with Crippen molar-refractivity contribution >= 4 is 5.84 Å². The Labute approximate surface area is 124 Å². The van der Waals surface area contributed by atoms with E-state index >= 15 is 0 Å². The van der Waals surface area contributed by atoms with Gasteiger partial charge in [0.15, 0.2) is 5.84 Å². The summed E-state index contributed by atoms with van der Waals surface area (Å²) < 4.78 is 5.85. The molecular weight excluding hydrogens is 266 g/mol. The lowest BCUT2D eigenvalue weighted by Gasteiger charge is -2.22. The average molecular weight is 285 g/mol. The summed E-state index contributed by atoms with van der Waals surface area (Å²) in [4.78, 5) is 4.17. The van der Waals surface area contributed by atoms with Crippen LogP contribution < -0.4 is 10.5 Å². The molecule has 0 aliphatic heterocycles. The quantitative estimate of drug-likeness (QED) is 0.392. The second-order valence-corrected chi connectivity index (χ2v) is 5.72. The first-order chi connectivity index (χ1) is 9.91. The monoisotopic (exact) mass is 285 g/mol. The van der Waals surface area contributed by atoms with E-state index in [1.807, 2.05) is 24.3 Å². The van der Waals surface area contributed by atoms with E-state index in [1.54, 1.807) is 12.1 Å². The summed E-state index contributed by atoms with van der Waals surface area (Å²) in [7, 11) is 0. The molecule has 0 atom stereocenters. The lowest BCUT2D eigenvalue weighted by molar-refractivity contribution is 0.318. The Morgan fingerprint density at radius 3 is 2.48 bits per heavy atom. The highest BCUT2D eigenvalue weighted by Gasteiger charge is 2.18. The summed E-state index contributed by atoms with van der Waals surface area (Å²) in [6.45, 7) is 6.39. The van der Waals surface area contributed by atoms with Gasteiger partial charge >= 0.3 is 0 Å². The van der Waals surface area contributed by atoms with E-state index in [9.17, 15) is 0 Å². The van der Waals surface area contributed by atoms with E-state index in [0.717, 1.165) is 11.3 Å². The Balaban J connectivity index is 2.27. The van der Waals surface area contributed by atoms with Crippen LogP contribution in [0, 0.1) is 0 Å². The molecule has 0 unspecified atom stereocenters. The van der Waals surface area contributed by atoms with E-state index < -0.39 is 0 Å². The Hall–Kier alpha value is -2.56. The van der Waals surface area contributed by atoms with E-state index in [-0.39, 0.29) is 11.3 Å². The van der Waals surface area contributed by atoms with Gasteiger partial charge in [0.2, 0.25) is 5.88 Å². The molecule has 5 nitrogen and oxygen atoms in total. The highest BCUT2D eigenvalue weighted by Crippen LogP contribution is 2.33. The van der Waals surface area contributed by atoms with Crippen molar-refractivity contribution in [2.75, 3.05) is 0 Å². The normalized spacial score (nSPS) is 12.2. The molecule has 5 heteroatoms. The highest BCUT2D eigenvalue weighted by atomic mass is 16.5. The SMILES string of the molecule is CC(C)(C)c1ccccc1Oc1ccc(/C(N)=N/O)cn1. The van der Waals surface area contributed by atoms with Crippen LogP contribution >= 0.6 is 0 Å². The number of para-hydroxylation sites is 1. The van der Waals surface area contributed by atoms with E-state index in [4.69, 9.17) is 15.7 Å². The molecular formula is C16H19N3O2. The third kappa shape index (κ3) is 3.51. The number of hydrogen-bond acceptors (Lipinski definition) is 4. The van der Waals surface area contributed by atoms with Crippen molar-refractivity contribution in [3.8, 4) is 11.6 Å². The first-order valence-corrected chi connectivity index (χ1v) is 6.63. The molecule has 0 spiro atoms. The number of rotatable bonds is 3. The fourth-order valence-corrected chi connectivity index (χ4v) is 1.94. The topological polar surface area (TPSA) is 80.7 Å². The van der Waals surface area contributed by atoms with Crippen molar-refractivity contribution in [3.05, 3.63) is 53.7 Å². The number of hydrogen-bond donors (Lipinski definition) is 2. The zero-order valence-corrected chi connectivity index (χ0v) is 12.4. The minimum atomic E-state index is -0.0233. The molecule has 0 saturated heterocycles. The van der Waals surface area contributed by atoms with E-state index in [2.05, 4.69) is 30.9 Å². The van der Waals surface area contributed by atoms with Crippen LogP contribution in [0.25, 0.3) is 0 Å². The number of amidine groups is 1. The molecule has 110 valence electrons. The first kappa shape index (κ1) is 14.8. The average Bonchev–Trinajstić information content (AvgIpc) is 2.47. The standard InChI is InChI=1S/C16H19N3O2/c1-16(2,3)12-6-4-5-7-13(12)21-14-9-8-11(10-18-14)15(17)19-20/h4-10,20H,1-3H3,(H2,17,19). The third-order valence-electron chi connectivity index (χ3n) is 3.05. The van der Waals surface area contributed by atoms with Crippen molar-refractivity contribution in [1.82, 2.24) is 4.98 Å².